The van der Waals surface area contributed by atoms with Crippen molar-refractivity contribution < 1.29 is 0 Å². The number of allylic oxidation sites excluding steroid dienone is 1. The maximum Gasteiger partial charge on any atom is 0.0562 e. The van der Waals surface area contributed by atoms with Crippen molar-refractivity contribution in [2.75, 3.05) is 0 Å². The molecule has 1 heterocycles. The lowest BCUT2D eigenvalue weighted by atomic mass is 10.2. The molecule has 1 N–H and O–H groups in total. The first kappa shape index (κ1) is 7.06. The van der Waals surface area contributed by atoms with Crippen molar-refractivity contribution in [3.8, 4) is 0 Å². The molecule has 0 saturated heterocycles. The van der Waals surface area contributed by atoms with Gasteiger partial charge in [-0.25, -0.2) is 0 Å². The van der Waals surface area contributed by atoms with Gasteiger partial charge in [0.25, 0.3) is 0 Å². The Labute approximate surface area is 61.0 Å². The SMILES string of the molecule is CCC=Cc1cn[nH]c1C. The highest BCUT2D eigenvalue weighted by Crippen LogP contribution is 2.04. The molecule has 0 aromatic carbocycles. The molecular formula is C8H12N2. The fourth-order valence-corrected chi connectivity index (χ4v) is 0.773. The number of H-pyrrole nitrogens is 1. The first-order valence-corrected chi connectivity index (χ1v) is 3.51. The van der Waals surface area contributed by atoms with Crippen LogP contribution in [-0.4, -0.2) is 10.2 Å². The van der Waals surface area contributed by atoms with E-state index in [4.69, 9.17) is 0 Å². The quantitative estimate of drug-likeness (QED) is 0.663. The molecular weight excluding hydrogens is 124 g/mol. The molecule has 2 nitrogen and oxygen atoms in total. The Morgan fingerprint density at radius 1 is 1.70 bits per heavy atom. The smallest absolute Gasteiger partial charge is 0.0562 e. The first-order valence-electron chi connectivity index (χ1n) is 3.51. The molecule has 0 aliphatic rings. The highest BCUT2D eigenvalue weighted by Gasteiger charge is 1.91. The van der Waals surface area contributed by atoms with Crippen LogP contribution in [0.15, 0.2) is 12.3 Å². The molecule has 0 atom stereocenters. The zero-order chi connectivity index (χ0) is 7.40. The van der Waals surface area contributed by atoms with E-state index in [0.717, 1.165) is 12.1 Å². The van der Waals surface area contributed by atoms with E-state index in [1.54, 1.807) is 0 Å². The predicted molar refractivity (Wildman–Crippen MR) is 42.6 cm³/mol. The van der Waals surface area contributed by atoms with E-state index in [2.05, 4.69) is 29.3 Å². The summed E-state index contributed by atoms with van der Waals surface area (Å²) in [7, 11) is 0. The van der Waals surface area contributed by atoms with Crippen molar-refractivity contribution in [1.29, 1.82) is 0 Å². The number of hydrogen-bond acceptors (Lipinski definition) is 1. The summed E-state index contributed by atoms with van der Waals surface area (Å²) in [5.41, 5.74) is 2.31. The molecule has 0 aliphatic carbocycles. The van der Waals surface area contributed by atoms with Crippen LogP contribution in [0, 0.1) is 6.92 Å². The van der Waals surface area contributed by atoms with Gasteiger partial charge in [0, 0.05) is 11.3 Å². The molecule has 1 aromatic heterocycles. The zero-order valence-corrected chi connectivity index (χ0v) is 6.39. The van der Waals surface area contributed by atoms with Crippen molar-refractivity contribution in [3.05, 3.63) is 23.5 Å². The van der Waals surface area contributed by atoms with Gasteiger partial charge in [-0.3, -0.25) is 5.10 Å². The monoisotopic (exact) mass is 136 g/mol. The lowest BCUT2D eigenvalue weighted by Crippen LogP contribution is -1.72. The van der Waals surface area contributed by atoms with Gasteiger partial charge in [-0.05, 0) is 13.3 Å². The van der Waals surface area contributed by atoms with E-state index in [1.807, 2.05) is 13.1 Å². The van der Waals surface area contributed by atoms with Crippen LogP contribution >= 0.6 is 0 Å². The molecule has 0 saturated carbocycles. The zero-order valence-electron chi connectivity index (χ0n) is 6.39. The average molecular weight is 136 g/mol. The molecule has 0 amide bonds. The van der Waals surface area contributed by atoms with Crippen LogP contribution in [-0.2, 0) is 0 Å². The fourth-order valence-electron chi connectivity index (χ4n) is 0.773. The molecule has 0 fully saturated rings. The standard InChI is InChI=1S/C8H12N2/c1-3-4-5-8-6-9-10-7(8)2/h4-6H,3H2,1-2H3,(H,9,10). The van der Waals surface area contributed by atoms with Gasteiger partial charge < -0.3 is 0 Å². The van der Waals surface area contributed by atoms with E-state index < -0.39 is 0 Å². The third kappa shape index (κ3) is 1.47. The minimum absolute atomic E-state index is 1.07. The Morgan fingerprint density at radius 2 is 2.50 bits per heavy atom. The molecule has 10 heavy (non-hydrogen) atoms. The lowest BCUT2D eigenvalue weighted by Gasteiger charge is -1.85. The summed E-state index contributed by atoms with van der Waals surface area (Å²) in [6, 6.07) is 0. The van der Waals surface area contributed by atoms with Crippen molar-refractivity contribution in [2.24, 2.45) is 0 Å². The minimum atomic E-state index is 1.07. The Balaban J connectivity index is 2.74. The van der Waals surface area contributed by atoms with Gasteiger partial charge in [0.2, 0.25) is 0 Å². The van der Waals surface area contributed by atoms with Crippen LogP contribution in [0.4, 0.5) is 0 Å². The second-order valence-corrected chi connectivity index (χ2v) is 2.26. The van der Waals surface area contributed by atoms with Crippen molar-refractivity contribution >= 4 is 6.08 Å². The largest absolute Gasteiger partial charge is 0.282 e. The number of aromatic nitrogens is 2. The molecule has 0 aliphatic heterocycles. The number of nitrogens with one attached hydrogen (secondary N) is 1. The van der Waals surface area contributed by atoms with Gasteiger partial charge in [-0.2, -0.15) is 5.10 Å². The Bertz CT molecular complexity index is 223. The minimum Gasteiger partial charge on any atom is -0.282 e. The van der Waals surface area contributed by atoms with E-state index in [-0.39, 0.29) is 0 Å². The van der Waals surface area contributed by atoms with E-state index in [9.17, 15) is 0 Å². The van der Waals surface area contributed by atoms with Crippen LogP contribution < -0.4 is 0 Å². The van der Waals surface area contributed by atoms with Crippen molar-refractivity contribution in [2.45, 2.75) is 20.3 Å². The maximum atomic E-state index is 3.90. The van der Waals surface area contributed by atoms with Gasteiger partial charge in [-0.1, -0.05) is 19.1 Å². The third-order valence-corrected chi connectivity index (χ3v) is 1.40. The summed E-state index contributed by atoms with van der Waals surface area (Å²) in [6.45, 7) is 4.13. The molecule has 0 bridgehead atoms. The fraction of sp³-hybridized carbons (Fsp3) is 0.375. The molecule has 0 spiro atoms. The van der Waals surface area contributed by atoms with Gasteiger partial charge in [0.05, 0.1) is 6.20 Å². The average Bonchev–Trinajstić information content (AvgIpc) is 2.31. The molecule has 0 unspecified atom stereocenters. The molecule has 1 rings (SSSR count). The van der Waals surface area contributed by atoms with Crippen LogP contribution in [0.3, 0.4) is 0 Å². The van der Waals surface area contributed by atoms with Gasteiger partial charge >= 0.3 is 0 Å². The first-order chi connectivity index (χ1) is 4.84. The maximum absolute atomic E-state index is 3.90. The summed E-state index contributed by atoms with van der Waals surface area (Å²) in [5.74, 6) is 0. The second kappa shape index (κ2) is 3.20. The summed E-state index contributed by atoms with van der Waals surface area (Å²) in [4.78, 5) is 0. The van der Waals surface area contributed by atoms with Gasteiger partial charge in [0.1, 0.15) is 0 Å². The highest BCUT2D eigenvalue weighted by molar-refractivity contribution is 5.49. The van der Waals surface area contributed by atoms with Crippen LogP contribution in [0.5, 0.6) is 0 Å². The van der Waals surface area contributed by atoms with Crippen LogP contribution in [0.2, 0.25) is 0 Å². The van der Waals surface area contributed by atoms with Gasteiger partial charge in [0.15, 0.2) is 0 Å². The topological polar surface area (TPSA) is 28.7 Å². The number of aryl methyl sites for hydroxylation is 1. The Morgan fingerprint density at radius 3 is 3.00 bits per heavy atom. The summed E-state index contributed by atoms with van der Waals surface area (Å²) < 4.78 is 0. The predicted octanol–water partition coefficient (Wildman–Crippen LogP) is 2.14. The van der Waals surface area contributed by atoms with Crippen molar-refractivity contribution in [3.63, 3.8) is 0 Å². The summed E-state index contributed by atoms with van der Waals surface area (Å²) in [6.07, 6.45) is 7.11. The van der Waals surface area contributed by atoms with E-state index in [0.29, 0.717) is 0 Å². The third-order valence-electron chi connectivity index (χ3n) is 1.40. The molecule has 0 radical (unpaired) electrons. The highest BCUT2D eigenvalue weighted by atomic mass is 15.1. The molecule has 1 aromatic rings. The number of hydrogen-bond donors (Lipinski definition) is 1. The number of aromatic amines is 1. The van der Waals surface area contributed by atoms with Crippen LogP contribution in [0.25, 0.3) is 6.08 Å². The number of nitrogens with zero attached hydrogens (tertiary/aromatic N) is 1. The van der Waals surface area contributed by atoms with E-state index >= 15 is 0 Å². The van der Waals surface area contributed by atoms with Crippen LogP contribution in [0.1, 0.15) is 24.6 Å². The van der Waals surface area contributed by atoms with Gasteiger partial charge in [-0.15, -0.1) is 0 Å². The Hall–Kier alpha value is -1.05. The summed E-state index contributed by atoms with van der Waals surface area (Å²) in [5, 5.41) is 6.77. The van der Waals surface area contributed by atoms with Crippen molar-refractivity contribution in [1.82, 2.24) is 10.2 Å². The second-order valence-electron chi connectivity index (χ2n) is 2.26. The molecule has 54 valence electrons. The Kier molecular flexibility index (Phi) is 2.26. The summed E-state index contributed by atoms with van der Waals surface area (Å²) >= 11 is 0. The number of rotatable bonds is 2. The lowest BCUT2D eigenvalue weighted by molar-refractivity contribution is 1.05. The molecule has 2 heteroatoms. The normalized spacial score (nSPS) is 11.0. The van der Waals surface area contributed by atoms with E-state index in [1.165, 1.54) is 5.56 Å².